The number of hydrogen-bond donors (Lipinski definition) is 1. The van der Waals surface area contributed by atoms with Crippen LogP contribution in [0.25, 0.3) is 0 Å². The number of rotatable bonds is 4. The molecule has 3 rings (SSSR count). The Kier molecular flexibility index (Phi) is 4.72. The molecule has 0 spiro atoms. The van der Waals surface area contributed by atoms with E-state index in [9.17, 15) is 9.59 Å². The third-order valence-electron chi connectivity index (χ3n) is 4.31. The number of nitrogens with one attached hydrogen (secondary N) is 1. The summed E-state index contributed by atoms with van der Waals surface area (Å²) >= 11 is 0. The molecule has 0 radical (unpaired) electrons. The van der Waals surface area contributed by atoms with Gasteiger partial charge in [-0.3, -0.25) is 9.59 Å². The molecule has 7 nitrogen and oxygen atoms in total. The van der Waals surface area contributed by atoms with Crippen molar-refractivity contribution < 1.29 is 18.8 Å². The Morgan fingerprint density at radius 2 is 2.14 bits per heavy atom. The fourth-order valence-electron chi connectivity index (χ4n) is 2.99. The normalized spacial score (nSPS) is 22.7. The summed E-state index contributed by atoms with van der Waals surface area (Å²) < 4.78 is 10.4. The minimum atomic E-state index is -0.267. The molecule has 1 atom stereocenters. The highest BCUT2D eigenvalue weighted by Crippen LogP contribution is 2.21. The molecule has 2 aliphatic heterocycles. The molecule has 2 aliphatic rings. The maximum Gasteiger partial charge on any atom is 0.251 e. The van der Waals surface area contributed by atoms with E-state index >= 15 is 0 Å². The molecule has 0 bridgehead atoms. The van der Waals surface area contributed by atoms with Crippen LogP contribution in [-0.4, -0.2) is 47.7 Å². The van der Waals surface area contributed by atoms with Gasteiger partial charge in [-0.2, -0.15) is 0 Å². The molecule has 1 unspecified atom stereocenters. The molecule has 0 aliphatic carbocycles. The van der Waals surface area contributed by atoms with Gasteiger partial charge in [0.2, 0.25) is 5.91 Å². The van der Waals surface area contributed by atoms with Gasteiger partial charge in [0.25, 0.3) is 5.91 Å². The zero-order valence-electron chi connectivity index (χ0n) is 12.5. The van der Waals surface area contributed by atoms with Crippen molar-refractivity contribution in [3.8, 4) is 0 Å². The summed E-state index contributed by atoms with van der Waals surface area (Å²) in [7, 11) is 0. The van der Waals surface area contributed by atoms with Crippen molar-refractivity contribution in [2.75, 3.05) is 19.7 Å². The topological polar surface area (TPSA) is 84.7 Å². The number of nitrogens with zero attached hydrogens (tertiary/aromatic N) is 2. The van der Waals surface area contributed by atoms with Crippen molar-refractivity contribution in [1.82, 2.24) is 15.4 Å². The van der Waals surface area contributed by atoms with Crippen molar-refractivity contribution in [2.45, 2.75) is 38.3 Å². The van der Waals surface area contributed by atoms with E-state index in [1.807, 2.05) is 4.90 Å². The maximum absolute atomic E-state index is 12.2. The Balaban J connectivity index is 1.42. The van der Waals surface area contributed by atoms with Gasteiger partial charge in [0, 0.05) is 31.7 Å². The smallest absolute Gasteiger partial charge is 0.251 e. The highest BCUT2D eigenvalue weighted by molar-refractivity contribution is 5.82. The highest BCUT2D eigenvalue weighted by atomic mass is 16.5. The molecule has 7 heteroatoms. The predicted octanol–water partition coefficient (Wildman–Crippen LogP) is 0.708. The number of piperidine rings is 1. The molecule has 22 heavy (non-hydrogen) atoms. The van der Waals surface area contributed by atoms with E-state index < -0.39 is 0 Å². The Hall–Kier alpha value is -1.89. The van der Waals surface area contributed by atoms with E-state index in [-0.39, 0.29) is 23.8 Å². The molecule has 1 N–H and O–H groups in total. The first-order valence-corrected chi connectivity index (χ1v) is 7.81. The van der Waals surface area contributed by atoms with E-state index in [4.69, 9.17) is 9.26 Å². The Bertz CT molecular complexity index is 503. The van der Waals surface area contributed by atoms with Crippen LogP contribution >= 0.6 is 0 Å². The number of hydrogen-bond acceptors (Lipinski definition) is 5. The van der Waals surface area contributed by atoms with Crippen LogP contribution in [0.4, 0.5) is 0 Å². The van der Waals surface area contributed by atoms with Crippen LogP contribution in [0, 0.1) is 5.92 Å². The van der Waals surface area contributed by atoms with Gasteiger partial charge in [-0.25, -0.2) is 0 Å². The Morgan fingerprint density at radius 1 is 1.32 bits per heavy atom. The lowest BCUT2D eigenvalue weighted by molar-refractivity contribution is -0.143. The standard InChI is InChI=1S/C15H21N3O4/c19-14(16-10-12-3-6-17-22-12)11-4-7-18(8-5-11)15(20)13-2-1-9-21-13/h3,6,11,13H,1-2,4-5,7-10H2,(H,16,19). The van der Waals surface area contributed by atoms with Gasteiger partial charge in [0.05, 0.1) is 12.7 Å². The molecule has 120 valence electrons. The monoisotopic (exact) mass is 307 g/mol. The molecule has 2 amide bonds. The van der Waals surface area contributed by atoms with Gasteiger partial charge in [0.15, 0.2) is 5.76 Å². The van der Waals surface area contributed by atoms with Crippen LogP contribution in [0.5, 0.6) is 0 Å². The quantitative estimate of drug-likeness (QED) is 0.885. The summed E-state index contributed by atoms with van der Waals surface area (Å²) in [4.78, 5) is 26.2. The largest absolute Gasteiger partial charge is 0.368 e. The first-order valence-electron chi connectivity index (χ1n) is 7.81. The first-order chi connectivity index (χ1) is 10.7. The van der Waals surface area contributed by atoms with E-state index in [2.05, 4.69) is 10.5 Å². The minimum absolute atomic E-state index is 0.0145. The predicted molar refractivity (Wildman–Crippen MR) is 76.6 cm³/mol. The van der Waals surface area contributed by atoms with Crippen molar-refractivity contribution in [3.63, 3.8) is 0 Å². The number of aromatic nitrogens is 1. The van der Waals surface area contributed by atoms with E-state index in [0.29, 0.717) is 44.8 Å². The third-order valence-corrected chi connectivity index (χ3v) is 4.31. The minimum Gasteiger partial charge on any atom is -0.368 e. The van der Waals surface area contributed by atoms with E-state index in [1.54, 1.807) is 12.3 Å². The van der Waals surface area contributed by atoms with Crippen LogP contribution < -0.4 is 5.32 Å². The average molecular weight is 307 g/mol. The van der Waals surface area contributed by atoms with Crippen molar-refractivity contribution in [2.24, 2.45) is 5.92 Å². The molecule has 1 aromatic rings. The van der Waals surface area contributed by atoms with Crippen molar-refractivity contribution >= 4 is 11.8 Å². The molecule has 2 fully saturated rings. The molecular formula is C15H21N3O4. The summed E-state index contributed by atoms with van der Waals surface area (Å²) in [5, 5.41) is 6.45. The van der Waals surface area contributed by atoms with Crippen LogP contribution in [0.3, 0.4) is 0 Å². The van der Waals surface area contributed by atoms with Crippen molar-refractivity contribution in [1.29, 1.82) is 0 Å². The molecular weight excluding hydrogens is 286 g/mol. The van der Waals surface area contributed by atoms with Crippen molar-refractivity contribution in [3.05, 3.63) is 18.0 Å². The second kappa shape index (κ2) is 6.91. The summed E-state index contributed by atoms with van der Waals surface area (Å²) in [6.07, 6.45) is 4.45. The lowest BCUT2D eigenvalue weighted by Crippen LogP contribution is -2.46. The van der Waals surface area contributed by atoms with Gasteiger partial charge in [-0.15, -0.1) is 0 Å². The zero-order chi connectivity index (χ0) is 15.4. The molecule has 0 aromatic carbocycles. The van der Waals surface area contributed by atoms with Gasteiger partial charge < -0.3 is 19.5 Å². The fourth-order valence-corrected chi connectivity index (χ4v) is 2.99. The fraction of sp³-hybridized carbons (Fsp3) is 0.667. The van der Waals surface area contributed by atoms with Crippen LogP contribution in [0.1, 0.15) is 31.4 Å². The van der Waals surface area contributed by atoms with Gasteiger partial charge in [0.1, 0.15) is 6.10 Å². The van der Waals surface area contributed by atoms with Crippen LogP contribution in [-0.2, 0) is 20.9 Å². The summed E-state index contributed by atoms with van der Waals surface area (Å²) in [6.45, 7) is 2.28. The Labute approximate surface area is 129 Å². The second-order valence-electron chi connectivity index (χ2n) is 5.80. The number of carbonyl (C=O) groups is 2. The van der Waals surface area contributed by atoms with E-state index in [0.717, 1.165) is 12.8 Å². The van der Waals surface area contributed by atoms with Gasteiger partial charge in [-0.1, -0.05) is 5.16 Å². The third kappa shape index (κ3) is 3.47. The summed E-state index contributed by atoms with van der Waals surface area (Å²) in [6, 6.07) is 1.73. The summed E-state index contributed by atoms with van der Waals surface area (Å²) in [5.41, 5.74) is 0. The lowest BCUT2D eigenvalue weighted by Gasteiger charge is -2.32. The molecule has 1 aromatic heterocycles. The first kappa shape index (κ1) is 15.0. The van der Waals surface area contributed by atoms with Gasteiger partial charge in [-0.05, 0) is 25.7 Å². The molecule has 2 saturated heterocycles. The second-order valence-corrected chi connectivity index (χ2v) is 5.80. The molecule has 3 heterocycles. The Morgan fingerprint density at radius 3 is 2.77 bits per heavy atom. The highest BCUT2D eigenvalue weighted by Gasteiger charge is 2.32. The maximum atomic E-state index is 12.2. The zero-order valence-corrected chi connectivity index (χ0v) is 12.5. The average Bonchev–Trinajstić information content (AvgIpc) is 3.25. The number of carbonyl (C=O) groups excluding carboxylic acids is 2. The lowest BCUT2D eigenvalue weighted by atomic mass is 9.95. The SMILES string of the molecule is O=C(NCc1ccno1)C1CCN(C(=O)C2CCCO2)CC1. The van der Waals surface area contributed by atoms with Crippen LogP contribution in [0.2, 0.25) is 0 Å². The summed E-state index contributed by atoms with van der Waals surface area (Å²) in [5.74, 6) is 0.689. The van der Waals surface area contributed by atoms with Crippen LogP contribution in [0.15, 0.2) is 16.8 Å². The number of ether oxygens (including phenoxy) is 1. The number of likely N-dealkylation sites (tertiary alicyclic amines) is 1. The number of amides is 2. The molecule has 0 saturated carbocycles. The van der Waals surface area contributed by atoms with Gasteiger partial charge >= 0.3 is 0 Å². The van der Waals surface area contributed by atoms with E-state index in [1.165, 1.54) is 0 Å².